The van der Waals surface area contributed by atoms with Crippen molar-refractivity contribution in [2.24, 2.45) is 47.3 Å². The average molecular weight is 865 g/mol. The molecule has 0 aromatic heterocycles. The molecule has 4 aromatic carbocycles. The Bertz CT molecular complexity index is 1820. The molecule has 10 aliphatic rings. The fourth-order valence-electron chi connectivity index (χ4n) is 16.3. The Hall–Kier alpha value is -1.56. The van der Waals surface area contributed by atoms with Crippen LogP contribution in [-0.2, 0) is 28.4 Å². The first-order valence-electron chi connectivity index (χ1n) is 24.1. The normalized spacial score (nSPS) is 36.9. The monoisotopic (exact) mass is 864 g/mol. The van der Waals surface area contributed by atoms with Gasteiger partial charge in [-0.3, -0.25) is 0 Å². The predicted octanol–water partition coefficient (Wildman–Crippen LogP) is 13.1. The van der Waals surface area contributed by atoms with Gasteiger partial charge in [-0.05, 0) is 198 Å². The molecule has 0 amide bonds. The van der Waals surface area contributed by atoms with Crippen LogP contribution in [0.5, 0.6) is 0 Å². The first-order valence-corrected chi connectivity index (χ1v) is 26.2. The second-order valence-corrected chi connectivity index (χ2v) is 25.4. The minimum Gasteiger partial charge on any atom is -0.316 e. The van der Waals surface area contributed by atoms with Gasteiger partial charge in [0.25, 0.3) is 0 Å². The second kappa shape index (κ2) is 17.2. The van der Waals surface area contributed by atoms with Crippen molar-refractivity contribution in [2.75, 3.05) is 26.2 Å². The first-order chi connectivity index (χ1) is 28.5. The maximum absolute atomic E-state index is 3.94. The smallest absolute Gasteiger partial charge is 0.316 e. The molecular weight excluding hydrogens is 794 g/mol. The van der Waals surface area contributed by atoms with Gasteiger partial charge in [0.05, 0.1) is 0 Å². The molecule has 10 fully saturated rings. The zero-order valence-corrected chi connectivity index (χ0v) is 38.7. The SMILES string of the molecule is PC(c1cc(-c2ccccc2)[c-](-c2ccccc2)c1CP(C12CC3CC(CC(C3)C1)C2)C12CC3CC(CC(C3)C1)C2)(C1CCCNC1)C1CCCNC1.[Fe+2].c1cc[cH-]c1. The van der Waals surface area contributed by atoms with E-state index in [0.717, 1.165) is 48.6 Å². The Kier molecular flexibility index (Phi) is 12.1. The van der Waals surface area contributed by atoms with E-state index >= 15 is 0 Å². The van der Waals surface area contributed by atoms with Gasteiger partial charge in [-0.1, -0.05) is 78.7 Å². The maximum atomic E-state index is 3.94. The topological polar surface area (TPSA) is 24.1 Å². The third-order valence-electron chi connectivity index (χ3n) is 17.8. The first kappa shape index (κ1) is 41.4. The summed E-state index contributed by atoms with van der Waals surface area (Å²) in [6, 6.07) is 36.3. The molecule has 59 heavy (non-hydrogen) atoms. The summed E-state index contributed by atoms with van der Waals surface area (Å²) in [5, 5.41) is 9.19. The minimum absolute atomic E-state index is 0. The molecule has 2 saturated heterocycles. The Morgan fingerprint density at radius 3 is 1.51 bits per heavy atom. The van der Waals surface area contributed by atoms with E-state index in [1.807, 2.05) is 35.9 Å². The van der Waals surface area contributed by atoms with E-state index in [1.165, 1.54) is 61.6 Å². The van der Waals surface area contributed by atoms with Gasteiger partial charge in [0.2, 0.25) is 0 Å². The summed E-state index contributed by atoms with van der Waals surface area (Å²) in [7, 11) is 3.55. The van der Waals surface area contributed by atoms with Crippen molar-refractivity contribution in [1.82, 2.24) is 10.6 Å². The van der Waals surface area contributed by atoms with Crippen molar-refractivity contribution in [1.29, 1.82) is 0 Å². The van der Waals surface area contributed by atoms with Crippen LogP contribution in [0.15, 0.2) is 97.1 Å². The number of rotatable bonds is 9. The van der Waals surface area contributed by atoms with Crippen LogP contribution in [0.2, 0.25) is 0 Å². The molecule has 3 atom stereocenters. The number of hydrogen-bond donors (Lipinski definition) is 2. The van der Waals surface area contributed by atoms with Gasteiger partial charge >= 0.3 is 17.1 Å². The fraction of sp³-hybridized carbons (Fsp3) is 0.593. The van der Waals surface area contributed by atoms with Crippen LogP contribution in [0.4, 0.5) is 0 Å². The molecular formula is C54H70FeN2P2. The summed E-state index contributed by atoms with van der Waals surface area (Å²) in [5.74, 6) is 7.43. The zero-order valence-electron chi connectivity index (χ0n) is 35.6. The van der Waals surface area contributed by atoms with E-state index in [0.29, 0.717) is 22.1 Å². The number of piperidine rings is 2. The van der Waals surface area contributed by atoms with Crippen molar-refractivity contribution >= 4 is 17.2 Å². The Morgan fingerprint density at radius 2 is 1.10 bits per heavy atom. The zero-order chi connectivity index (χ0) is 38.7. The quantitative estimate of drug-likeness (QED) is 0.0995. The summed E-state index contributed by atoms with van der Waals surface area (Å²) in [6.07, 6.45) is 25.6. The van der Waals surface area contributed by atoms with Crippen LogP contribution in [0.3, 0.4) is 0 Å². The molecule has 8 aliphatic carbocycles. The average Bonchev–Trinajstić information content (AvgIpc) is 3.96. The summed E-state index contributed by atoms with van der Waals surface area (Å²) < 4.78 is 0. The van der Waals surface area contributed by atoms with Crippen LogP contribution in [-0.4, -0.2) is 36.5 Å². The van der Waals surface area contributed by atoms with Crippen molar-refractivity contribution < 1.29 is 17.1 Å². The third kappa shape index (κ3) is 7.69. The number of hydrogen-bond acceptors (Lipinski definition) is 2. The van der Waals surface area contributed by atoms with E-state index in [4.69, 9.17) is 0 Å². The van der Waals surface area contributed by atoms with Crippen LogP contribution in [0, 0.1) is 47.3 Å². The van der Waals surface area contributed by atoms with E-state index in [9.17, 15) is 0 Å². The molecule has 2 aliphatic heterocycles. The molecule has 4 aromatic rings. The molecule has 3 unspecified atom stereocenters. The van der Waals surface area contributed by atoms with E-state index in [-0.39, 0.29) is 30.1 Å². The summed E-state index contributed by atoms with van der Waals surface area (Å²) >= 11 is 0. The number of nitrogens with one attached hydrogen (secondary N) is 2. The van der Waals surface area contributed by atoms with Gasteiger partial charge in [0.15, 0.2) is 0 Å². The van der Waals surface area contributed by atoms with Crippen LogP contribution in [0.25, 0.3) is 22.3 Å². The maximum Gasteiger partial charge on any atom is 2.00 e. The van der Waals surface area contributed by atoms with Crippen molar-refractivity contribution in [3.05, 3.63) is 108 Å². The van der Waals surface area contributed by atoms with Gasteiger partial charge in [-0.2, -0.15) is 18.2 Å². The summed E-state index contributed by atoms with van der Waals surface area (Å²) in [5.41, 5.74) is 9.60. The van der Waals surface area contributed by atoms with Gasteiger partial charge in [0.1, 0.15) is 0 Å². The summed E-state index contributed by atoms with van der Waals surface area (Å²) in [4.78, 5) is 0. The fourth-order valence-corrected chi connectivity index (χ4v) is 22.4. The van der Waals surface area contributed by atoms with Crippen molar-refractivity contribution in [2.45, 2.75) is 124 Å². The molecule has 314 valence electrons. The van der Waals surface area contributed by atoms with Crippen LogP contribution >= 0.6 is 17.2 Å². The van der Waals surface area contributed by atoms with E-state index in [1.54, 1.807) is 88.2 Å². The van der Waals surface area contributed by atoms with E-state index < -0.39 is 0 Å². The Balaban J connectivity index is 0.000000655. The second-order valence-electron chi connectivity index (χ2n) is 21.4. The summed E-state index contributed by atoms with van der Waals surface area (Å²) in [6.45, 7) is 4.68. The van der Waals surface area contributed by atoms with Crippen molar-refractivity contribution in [3.63, 3.8) is 0 Å². The molecule has 2 N–H and O–H groups in total. The third-order valence-corrected chi connectivity index (χ3v) is 23.0. The molecule has 5 heteroatoms. The van der Waals surface area contributed by atoms with Crippen LogP contribution in [0.1, 0.15) is 114 Å². The van der Waals surface area contributed by atoms with Gasteiger partial charge in [-0.15, -0.1) is 38.6 Å². The van der Waals surface area contributed by atoms with Gasteiger partial charge < -0.3 is 10.6 Å². The molecule has 0 radical (unpaired) electrons. The number of benzene rings is 2. The Morgan fingerprint density at radius 1 is 0.644 bits per heavy atom. The predicted molar refractivity (Wildman–Crippen MR) is 250 cm³/mol. The Labute approximate surface area is 371 Å². The molecule has 14 rings (SSSR count). The minimum atomic E-state index is -0.186. The molecule has 2 heterocycles. The van der Waals surface area contributed by atoms with Gasteiger partial charge in [0, 0.05) is 0 Å². The molecule has 0 spiro atoms. The standard InChI is InChI=1S/C49H65N2P2.C5H5.Fe/c52-49(41-13-7-15-50-30-41,42-14-8-16-51-31-42)45-23-43(39-9-3-1-4-10-39)46(40-11-5-2-6-12-40)44(45)32-53(47-24-33-17-34(25-47)19-35(18-33)26-47)48-27-36-20-37(28-48)22-38(21-36)29-48;1-2-4-5-3-1;/h1-6,9-12,23,33-38,41-42,50-51H,7-8,13-22,24-32,52H2;1-5H;/q2*-1;+2. The van der Waals surface area contributed by atoms with E-state index in [2.05, 4.69) is 86.6 Å². The largest absolute Gasteiger partial charge is 2.00 e. The molecule has 8 saturated carbocycles. The van der Waals surface area contributed by atoms with Gasteiger partial charge in [-0.25, -0.2) is 12.1 Å². The van der Waals surface area contributed by atoms with Crippen LogP contribution < -0.4 is 10.6 Å². The van der Waals surface area contributed by atoms with Crippen molar-refractivity contribution in [3.8, 4) is 22.3 Å². The molecule has 2 nitrogen and oxygen atoms in total. The molecule has 8 bridgehead atoms.